The molecule has 4 rings (SSSR count). The number of rotatable bonds is 9. The SMILES string of the molecule is CC(=NNc1cc(NN=C(C)c2ccc(S(C)(=O)=O)cc2)nc(C2CCCCN2)n1)c1ccc(S(C)(=O)=O)cc1. The van der Waals surface area contributed by atoms with Crippen molar-refractivity contribution in [1.29, 1.82) is 0 Å². The van der Waals surface area contributed by atoms with Crippen molar-refractivity contribution in [2.24, 2.45) is 10.2 Å². The molecule has 0 amide bonds. The molecule has 13 heteroatoms. The molecule has 1 aliphatic heterocycles. The normalized spacial score (nSPS) is 16.9. The van der Waals surface area contributed by atoms with E-state index in [4.69, 9.17) is 0 Å². The van der Waals surface area contributed by atoms with Gasteiger partial charge in [0.05, 0.1) is 27.3 Å². The van der Waals surface area contributed by atoms with Gasteiger partial charge in [-0.15, -0.1) is 0 Å². The van der Waals surface area contributed by atoms with Gasteiger partial charge in [-0.2, -0.15) is 10.2 Å². The fourth-order valence-electron chi connectivity index (χ4n) is 4.11. The molecule has 1 atom stereocenters. The van der Waals surface area contributed by atoms with Gasteiger partial charge in [-0.1, -0.05) is 30.7 Å². The van der Waals surface area contributed by atoms with E-state index in [1.54, 1.807) is 54.6 Å². The minimum Gasteiger partial charge on any atom is -0.307 e. The molecule has 1 aliphatic rings. The molecule has 1 fully saturated rings. The lowest BCUT2D eigenvalue weighted by atomic mass is 10.0. The highest BCUT2D eigenvalue weighted by Gasteiger charge is 2.19. The fraction of sp³-hybridized carbons (Fsp3) is 0.333. The summed E-state index contributed by atoms with van der Waals surface area (Å²) in [7, 11) is -6.56. The second kappa shape index (κ2) is 12.2. The van der Waals surface area contributed by atoms with Crippen molar-refractivity contribution in [2.45, 2.75) is 48.9 Å². The molecule has 1 aromatic heterocycles. The number of nitrogens with zero attached hydrogens (tertiary/aromatic N) is 4. The van der Waals surface area contributed by atoms with E-state index < -0.39 is 19.7 Å². The summed E-state index contributed by atoms with van der Waals surface area (Å²) in [6.07, 6.45) is 5.42. The van der Waals surface area contributed by atoms with Gasteiger partial charge in [0.1, 0.15) is 5.82 Å². The van der Waals surface area contributed by atoms with E-state index in [2.05, 4.69) is 36.3 Å². The Morgan fingerprint density at radius 3 is 1.60 bits per heavy atom. The summed E-state index contributed by atoms with van der Waals surface area (Å²) >= 11 is 0. The highest BCUT2D eigenvalue weighted by atomic mass is 32.2. The first-order valence-electron chi connectivity index (χ1n) is 12.7. The second-order valence-corrected chi connectivity index (χ2v) is 13.7. The number of hydrazone groups is 2. The lowest BCUT2D eigenvalue weighted by Crippen LogP contribution is -2.28. The Balaban J connectivity index is 1.56. The number of hydrogen-bond donors (Lipinski definition) is 3. The average molecular weight is 584 g/mol. The molecule has 0 bridgehead atoms. The Morgan fingerprint density at radius 1 is 0.775 bits per heavy atom. The van der Waals surface area contributed by atoms with Crippen LogP contribution in [0.3, 0.4) is 0 Å². The van der Waals surface area contributed by atoms with E-state index >= 15 is 0 Å². The number of benzene rings is 2. The molecule has 0 radical (unpaired) electrons. The number of nitrogens with one attached hydrogen (secondary N) is 3. The van der Waals surface area contributed by atoms with Gasteiger partial charge >= 0.3 is 0 Å². The number of piperidine rings is 1. The molecular weight excluding hydrogens is 550 g/mol. The zero-order valence-corrected chi connectivity index (χ0v) is 24.5. The van der Waals surface area contributed by atoms with Gasteiger partial charge in [0.25, 0.3) is 0 Å². The number of sulfone groups is 2. The van der Waals surface area contributed by atoms with Crippen LogP contribution in [0.15, 0.2) is 74.6 Å². The quantitative estimate of drug-likeness (QED) is 0.252. The Morgan fingerprint density at radius 2 is 1.23 bits per heavy atom. The molecule has 2 aromatic carbocycles. The maximum absolute atomic E-state index is 11.7. The predicted octanol–water partition coefficient (Wildman–Crippen LogP) is 3.77. The van der Waals surface area contributed by atoms with E-state index in [1.807, 2.05) is 13.8 Å². The number of anilines is 2. The van der Waals surface area contributed by atoms with Crippen LogP contribution in [0.1, 0.15) is 56.1 Å². The first-order chi connectivity index (χ1) is 18.9. The fourth-order valence-corrected chi connectivity index (χ4v) is 5.37. The molecule has 2 heterocycles. The van der Waals surface area contributed by atoms with Crippen LogP contribution < -0.4 is 16.2 Å². The molecule has 3 aromatic rings. The van der Waals surface area contributed by atoms with Gasteiger partial charge in [-0.05, 0) is 68.6 Å². The van der Waals surface area contributed by atoms with Gasteiger partial charge in [-0.25, -0.2) is 26.8 Å². The van der Waals surface area contributed by atoms with Crippen molar-refractivity contribution in [3.63, 3.8) is 0 Å². The Labute approximate surface area is 235 Å². The molecule has 0 saturated carbocycles. The monoisotopic (exact) mass is 583 g/mol. The van der Waals surface area contributed by atoms with Crippen molar-refractivity contribution >= 4 is 42.7 Å². The molecule has 11 nitrogen and oxygen atoms in total. The third kappa shape index (κ3) is 7.71. The van der Waals surface area contributed by atoms with Crippen molar-refractivity contribution in [3.8, 4) is 0 Å². The number of aromatic nitrogens is 2. The molecule has 0 aliphatic carbocycles. The van der Waals surface area contributed by atoms with Gasteiger partial charge in [0, 0.05) is 18.6 Å². The van der Waals surface area contributed by atoms with Crippen LogP contribution >= 0.6 is 0 Å². The van der Waals surface area contributed by atoms with Gasteiger partial charge in [0.15, 0.2) is 31.3 Å². The molecule has 212 valence electrons. The largest absolute Gasteiger partial charge is 0.307 e. The number of hydrogen-bond acceptors (Lipinski definition) is 11. The highest BCUT2D eigenvalue weighted by Crippen LogP contribution is 2.23. The summed E-state index contributed by atoms with van der Waals surface area (Å²) in [5, 5.41) is 12.4. The van der Waals surface area contributed by atoms with Gasteiger partial charge in [0.2, 0.25) is 0 Å². The lowest BCUT2D eigenvalue weighted by molar-refractivity contribution is 0.398. The van der Waals surface area contributed by atoms with Crippen LogP contribution in [0.2, 0.25) is 0 Å². The lowest BCUT2D eigenvalue weighted by Gasteiger charge is -2.22. The Hall–Kier alpha value is -3.68. The first-order valence-corrected chi connectivity index (χ1v) is 16.5. The topological polar surface area (TPSA) is 155 Å². The zero-order chi connectivity index (χ0) is 28.9. The zero-order valence-electron chi connectivity index (χ0n) is 22.8. The highest BCUT2D eigenvalue weighted by molar-refractivity contribution is 7.91. The van der Waals surface area contributed by atoms with Crippen molar-refractivity contribution < 1.29 is 16.8 Å². The maximum atomic E-state index is 11.7. The average Bonchev–Trinajstić information content (AvgIpc) is 2.94. The van der Waals surface area contributed by atoms with Crippen molar-refractivity contribution in [1.82, 2.24) is 15.3 Å². The summed E-state index contributed by atoms with van der Waals surface area (Å²) in [6.45, 7) is 4.51. The van der Waals surface area contributed by atoms with E-state index in [9.17, 15) is 16.8 Å². The van der Waals surface area contributed by atoms with Crippen molar-refractivity contribution in [3.05, 3.63) is 71.5 Å². The summed E-state index contributed by atoms with van der Waals surface area (Å²) in [5.41, 5.74) is 8.82. The standard InChI is InChI=1S/C27H33N7O4S2/c1-18(20-8-12-22(13-9-20)39(3,35)36)31-33-25-17-26(30-27(29-25)24-7-5-6-16-28-24)34-32-19(2)21-10-14-23(15-11-21)40(4,37)38/h8-15,17,24,28H,5-7,16H2,1-4H3,(H2,29,30,33,34). The van der Waals surface area contributed by atoms with E-state index in [1.165, 1.54) is 12.5 Å². The molecule has 1 saturated heterocycles. The third-order valence-corrected chi connectivity index (χ3v) is 8.70. The van der Waals surface area contributed by atoms with Crippen LogP contribution in [-0.4, -0.2) is 57.3 Å². The van der Waals surface area contributed by atoms with Crippen LogP contribution in [0.25, 0.3) is 0 Å². The second-order valence-electron chi connectivity index (χ2n) is 9.71. The third-order valence-electron chi connectivity index (χ3n) is 6.44. The molecular formula is C27H33N7O4S2. The van der Waals surface area contributed by atoms with Crippen LogP contribution in [0, 0.1) is 0 Å². The summed E-state index contributed by atoms with van der Waals surface area (Å²) < 4.78 is 47.0. The van der Waals surface area contributed by atoms with Crippen LogP contribution in [0.4, 0.5) is 11.6 Å². The van der Waals surface area contributed by atoms with E-state index in [-0.39, 0.29) is 15.8 Å². The molecule has 3 N–H and O–H groups in total. The Bertz CT molecular complexity index is 1520. The van der Waals surface area contributed by atoms with E-state index in [0.29, 0.717) is 28.9 Å². The molecule has 0 spiro atoms. The molecule has 1 unspecified atom stereocenters. The van der Waals surface area contributed by atoms with Gasteiger partial charge < -0.3 is 5.32 Å². The molecule has 40 heavy (non-hydrogen) atoms. The van der Waals surface area contributed by atoms with Crippen LogP contribution in [0.5, 0.6) is 0 Å². The van der Waals surface area contributed by atoms with E-state index in [0.717, 1.165) is 36.9 Å². The maximum Gasteiger partial charge on any atom is 0.175 e. The van der Waals surface area contributed by atoms with Crippen molar-refractivity contribution in [2.75, 3.05) is 29.9 Å². The summed E-state index contributed by atoms with van der Waals surface area (Å²) in [5.74, 6) is 1.55. The minimum atomic E-state index is -3.28. The smallest absolute Gasteiger partial charge is 0.175 e. The minimum absolute atomic E-state index is 0.00160. The van der Waals surface area contributed by atoms with Gasteiger partial charge in [-0.3, -0.25) is 10.9 Å². The predicted molar refractivity (Wildman–Crippen MR) is 157 cm³/mol. The summed E-state index contributed by atoms with van der Waals surface area (Å²) in [4.78, 5) is 9.83. The first kappa shape index (κ1) is 29.3. The Kier molecular flexibility index (Phi) is 8.96. The van der Waals surface area contributed by atoms with Crippen LogP contribution in [-0.2, 0) is 19.7 Å². The summed E-state index contributed by atoms with van der Waals surface area (Å²) in [6, 6.07) is 14.7.